The van der Waals surface area contributed by atoms with Gasteiger partial charge in [-0.05, 0) is 46.3 Å². The highest BCUT2D eigenvalue weighted by Crippen LogP contribution is 2.34. The van der Waals surface area contributed by atoms with Crippen molar-refractivity contribution >= 4 is 72.0 Å². The Morgan fingerprint density at radius 2 is 1.75 bits per heavy atom. The molecule has 0 amide bonds. The Hall–Kier alpha value is -0.750. The summed E-state index contributed by atoms with van der Waals surface area (Å²) in [5, 5.41) is 0.920. The lowest BCUT2D eigenvalue weighted by Gasteiger charge is -2.10. The topological polar surface area (TPSA) is 43.8 Å². The first-order chi connectivity index (χ1) is 9.47. The number of rotatable bonds is 1. The number of hydrogen-bond donors (Lipinski definition) is 1. The van der Waals surface area contributed by atoms with Crippen LogP contribution < -0.4 is 5.73 Å². The fraction of sp³-hybridized carbons (Fsp3) is 0. The van der Waals surface area contributed by atoms with Crippen molar-refractivity contribution in [3.63, 3.8) is 0 Å². The molecule has 3 rings (SSSR count). The highest BCUT2D eigenvalue weighted by atomic mass is 79.9. The molecule has 2 aromatic carbocycles. The lowest BCUT2D eigenvalue weighted by molar-refractivity contribution is 1.10. The van der Waals surface area contributed by atoms with Gasteiger partial charge in [0.25, 0.3) is 0 Å². The van der Waals surface area contributed by atoms with Gasteiger partial charge in [-0.3, -0.25) is 4.57 Å². The van der Waals surface area contributed by atoms with E-state index in [4.69, 9.17) is 28.9 Å². The van der Waals surface area contributed by atoms with E-state index in [9.17, 15) is 0 Å². The maximum absolute atomic E-state index is 6.09. The largest absolute Gasteiger partial charge is 0.369 e. The summed E-state index contributed by atoms with van der Waals surface area (Å²) in [6, 6.07) is 9.28. The van der Waals surface area contributed by atoms with Crippen LogP contribution in [0.5, 0.6) is 0 Å². The van der Waals surface area contributed by atoms with Gasteiger partial charge in [-0.25, -0.2) is 4.98 Å². The summed E-state index contributed by atoms with van der Waals surface area (Å²) in [5.74, 6) is 0.372. The summed E-state index contributed by atoms with van der Waals surface area (Å²) in [5.41, 5.74) is 8.41. The molecule has 0 radical (unpaired) electrons. The van der Waals surface area contributed by atoms with Crippen LogP contribution in [0.2, 0.25) is 10.0 Å². The van der Waals surface area contributed by atoms with Crippen molar-refractivity contribution in [1.82, 2.24) is 9.55 Å². The molecular weight excluding hydrogens is 429 g/mol. The molecule has 0 bridgehead atoms. The van der Waals surface area contributed by atoms with Gasteiger partial charge in [-0.2, -0.15) is 0 Å². The summed E-state index contributed by atoms with van der Waals surface area (Å²) in [7, 11) is 0. The lowest BCUT2D eigenvalue weighted by atomic mass is 10.3. The molecule has 3 nitrogen and oxygen atoms in total. The summed E-state index contributed by atoms with van der Waals surface area (Å²) < 4.78 is 3.67. The van der Waals surface area contributed by atoms with E-state index < -0.39 is 0 Å². The van der Waals surface area contributed by atoms with Gasteiger partial charge >= 0.3 is 0 Å². The molecule has 0 fully saturated rings. The van der Waals surface area contributed by atoms with E-state index in [2.05, 4.69) is 36.8 Å². The molecule has 0 saturated heterocycles. The van der Waals surface area contributed by atoms with Crippen molar-refractivity contribution in [3.8, 4) is 5.69 Å². The Kier molecular flexibility index (Phi) is 3.71. The van der Waals surface area contributed by atoms with Crippen molar-refractivity contribution < 1.29 is 0 Å². The molecule has 3 aromatic rings. The zero-order chi connectivity index (χ0) is 14.4. The van der Waals surface area contributed by atoms with Crippen LogP contribution in [0.25, 0.3) is 16.7 Å². The van der Waals surface area contributed by atoms with Crippen LogP contribution in [-0.4, -0.2) is 9.55 Å². The van der Waals surface area contributed by atoms with Gasteiger partial charge in [0, 0.05) is 8.95 Å². The Morgan fingerprint density at radius 1 is 1.05 bits per heavy atom. The van der Waals surface area contributed by atoms with Crippen LogP contribution in [0.4, 0.5) is 5.95 Å². The highest BCUT2D eigenvalue weighted by molar-refractivity contribution is 9.11. The smallest absolute Gasteiger partial charge is 0.205 e. The van der Waals surface area contributed by atoms with Gasteiger partial charge in [0.2, 0.25) is 5.95 Å². The van der Waals surface area contributed by atoms with Crippen molar-refractivity contribution in [2.24, 2.45) is 0 Å². The number of halogens is 4. The van der Waals surface area contributed by atoms with Crippen molar-refractivity contribution in [3.05, 3.63) is 49.3 Å². The van der Waals surface area contributed by atoms with E-state index in [1.807, 2.05) is 22.8 Å². The second-order valence-electron chi connectivity index (χ2n) is 4.16. The Balaban J connectivity index is 2.38. The fourth-order valence-electron chi connectivity index (χ4n) is 2.00. The molecular formula is C13H7Br2Cl2N3. The summed E-state index contributed by atoms with van der Waals surface area (Å²) in [6.45, 7) is 0. The number of hydrogen-bond acceptors (Lipinski definition) is 2. The van der Waals surface area contributed by atoms with Gasteiger partial charge in [-0.1, -0.05) is 39.1 Å². The highest BCUT2D eigenvalue weighted by Gasteiger charge is 2.14. The molecule has 0 saturated carbocycles. The van der Waals surface area contributed by atoms with E-state index in [-0.39, 0.29) is 0 Å². The Labute approximate surface area is 141 Å². The van der Waals surface area contributed by atoms with Crippen LogP contribution >= 0.6 is 55.1 Å². The molecule has 20 heavy (non-hydrogen) atoms. The van der Waals surface area contributed by atoms with Crippen LogP contribution in [0.15, 0.2) is 39.3 Å². The molecule has 0 unspecified atom stereocenters. The minimum atomic E-state index is 0.372. The lowest BCUT2D eigenvalue weighted by Crippen LogP contribution is -2.01. The second kappa shape index (κ2) is 5.22. The average molecular weight is 436 g/mol. The monoisotopic (exact) mass is 433 g/mol. The molecule has 0 aliphatic rings. The Bertz CT molecular complexity index is 830. The predicted molar refractivity (Wildman–Crippen MR) is 90.9 cm³/mol. The summed E-state index contributed by atoms with van der Waals surface area (Å²) in [4.78, 5) is 4.32. The van der Waals surface area contributed by atoms with Gasteiger partial charge in [0.15, 0.2) is 0 Å². The zero-order valence-electron chi connectivity index (χ0n) is 9.87. The quantitative estimate of drug-likeness (QED) is 0.553. The number of nitrogens with zero attached hydrogens (tertiary/aromatic N) is 2. The molecule has 0 atom stereocenters. The molecule has 0 spiro atoms. The van der Waals surface area contributed by atoms with Crippen molar-refractivity contribution in [2.75, 3.05) is 5.73 Å². The third-order valence-electron chi connectivity index (χ3n) is 2.87. The van der Waals surface area contributed by atoms with Gasteiger partial charge in [0.1, 0.15) is 0 Å². The predicted octanol–water partition coefficient (Wildman–Crippen LogP) is 5.44. The minimum Gasteiger partial charge on any atom is -0.369 e. The minimum absolute atomic E-state index is 0.372. The average Bonchev–Trinajstić information content (AvgIpc) is 2.69. The summed E-state index contributed by atoms with van der Waals surface area (Å²) >= 11 is 19.1. The third kappa shape index (κ3) is 2.33. The number of aromatic nitrogens is 2. The third-order valence-corrected chi connectivity index (χ3v) is 4.76. The SMILES string of the molecule is Nc1nc2cc(Cl)c(Cl)cc2n1-c1cc(Br)ccc1Br. The number of benzene rings is 2. The molecule has 7 heteroatoms. The van der Waals surface area contributed by atoms with Crippen LogP contribution in [0, 0.1) is 0 Å². The molecule has 102 valence electrons. The second-order valence-corrected chi connectivity index (χ2v) is 6.74. The fourth-order valence-corrected chi connectivity index (χ4v) is 3.09. The van der Waals surface area contributed by atoms with Crippen LogP contribution in [-0.2, 0) is 0 Å². The maximum Gasteiger partial charge on any atom is 0.205 e. The van der Waals surface area contributed by atoms with Gasteiger partial charge in [0.05, 0.1) is 26.8 Å². The number of nitrogens with two attached hydrogens (primary N) is 1. The number of fused-ring (bicyclic) bond motifs is 1. The number of anilines is 1. The van der Waals surface area contributed by atoms with E-state index in [0.29, 0.717) is 21.5 Å². The molecule has 0 aliphatic carbocycles. The maximum atomic E-state index is 6.09. The van der Waals surface area contributed by atoms with Crippen molar-refractivity contribution in [1.29, 1.82) is 0 Å². The molecule has 0 aliphatic heterocycles. The van der Waals surface area contributed by atoms with E-state index in [1.54, 1.807) is 12.1 Å². The van der Waals surface area contributed by atoms with Crippen molar-refractivity contribution in [2.45, 2.75) is 0 Å². The Morgan fingerprint density at radius 3 is 2.50 bits per heavy atom. The van der Waals surface area contributed by atoms with E-state index in [0.717, 1.165) is 20.1 Å². The van der Waals surface area contributed by atoms with E-state index >= 15 is 0 Å². The standard InChI is InChI=1S/C13H7Br2Cl2N3/c14-6-1-2-7(15)11(3-6)20-12-5-9(17)8(16)4-10(12)19-13(20)18/h1-5H,(H2,18,19). The van der Waals surface area contributed by atoms with Gasteiger partial charge < -0.3 is 5.73 Å². The first-order valence-corrected chi connectivity index (χ1v) is 7.90. The molecule has 1 aromatic heterocycles. The summed E-state index contributed by atoms with van der Waals surface area (Å²) in [6.07, 6.45) is 0. The van der Waals surface area contributed by atoms with Crippen LogP contribution in [0.3, 0.4) is 0 Å². The first-order valence-electron chi connectivity index (χ1n) is 5.56. The zero-order valence-corrected chi connectivity index (χ0v) is 14.6. The normalized spacial score (nSPS) is 11.2. The number of nitrogen functional groups attached to an aromatic ring is 1. The molecule has 2 N–H and O–H groups in total. The van der Waals surface area contributed by atoms with Crippen LogP contribution in [0.1, 0.15) is 0 Å². The van der Waals surface area contributed by atoms with Gasteiger partial charge in [-0.15, -0.1) is 0 Å². The molecule has 1 heterocycles. The number of imidazole rings is 1. The van der Waals surface area contributed by atoms with E-state index in [1.165, 1.54) is 0 Å². The first kappa shape index (κ1) is 14.2.